The molecular formula is C12H12ClNO6S. The van der Waals surface area contributed by atoms with Gasteiger partial charge in [-0.3, -0.25) is 0 Å². The largest absolute Gasteiger partial charge is 0.460 e. The molecule has 1 fully saturated rings. The van der Waals surface area contributed by atoms with Crippen LogP contribution in [0, 0.1) is 0 Å². The van der Waals surface area contributed by atoms with Crippen molar-refractivity contribution in [3.05, 3.63) is 28.8 Å². The fourth-order valence-electron chi connectivity index (χ4n) is 1.85. The first-order valence-electron chi connectivity index (χ1n) is 5.92. The van der Waals surface area contributed by atoms with Gasteiger partial charge < -0.3 is 9.47 Å². The summed E-state index contributed by atoms with van der Waals surface area (Å²) in [6, 6.07) is 3.39. The van der Waals surface area contributed by atoms with Gasteiger partial charge >= 0.3 is 11.9 Å². The molecule has 0 radical (unpaired) electrons. The Balaban J connectivity index is 2.25. The van der Waals surface area contributed by atoms with Crippen LogP contribution in [-0.4, -0.2) is 32.6 Å². The van der Waals surface area contributed by atoms with Gasteiger partial charge in [-0.25, -0.2) is 23.1 Å². The first-order valence-corrected chi connectivity index (χ1v) is 7.84. The highest BCUT2D eigenvalue weighted by Crippen LogP contribution is 2.24. The molecule has 0 spiro atoms. The molecule has 2 atom stereocenters. The van der Waals surface area contributed by atoms with Crippen LogP contribution in [-0.2, 0) is 24.3 Å². The summed E-state index contributed by atoms with van der Waals surface area (Å²) in [6.07, 6.45) is -1.14. The van der Waals surface area contributed by atoms with E-state index in [1.807, 2.05) is 0 Å². The molecular weight excluding hydrogens is 322 g/mol. The van der Waals surface area contributed by atoms with Crippen LogP contribution in [0.25, 0.3) is 0 Å². The number of nitrogens with two attached hydrogens (primary N) is 1. The molecule has 1 saturated heterocycles. The molecule has 0 bridgehead atoms. The fraction of sp³-hybridized carbons (Fsp3) is 0.333. The highest BCUT2D eigenvalue weighted by Gasteiger charge is 2.35. The molecule has 21 heavy (non-hydrogen) atoms. The number of cyclic esters (lactones) is 1. The fourth-order valence-corrected chi connectivity index (χ4v) is 2.58. The van der Waals surface area contributed by atoms with Crippen LogP contribution >= 0.6 is 11.6 Å². The van der Waals surface area contributed by atoms with Crippen molar-refractivity contribution < 1.29 is 27.5 Å². The van der Waals surface area contributed by atoms with Gasteiger partial charge in [-0.1, -0.05) is 11.6 Å². The third kappa shape index (κ3) is 3.52. The Labute approximate surface area is 126 Å². The monoisotopic (exact) mass is 333 g/mol. The SMILES string of the molecule is C[C@@H]1C[C@H](OC(=O)c2cc(S(N)(=O)=O)ccc2Cl)C(=O)O1. The second-order valence-electron chi connectivity index (χ2n) is 4.56. The molecule has 0 amide bonds. The highest BCUT2D eigenvalue weighted by atomic mass is 35.5. The minimum absolute atomic E-state index is 0.00758. The molecule has 1 aliphatic heterocycles. The van der Waals surface area contributed by atoms with Gasteiger partial charge in [0, 0.05) is 6.42 Å². The van der Waals surface area contributed by atoms with Crippen LogP contribution in [0.4, 0.5) is 0 Å². The van der Waals surface area contributed by atoms with Crippen LogP contribution in [0.2, 0.25) is 5.02 Å². The Kier molecular flexibility index (Phi) is 4.22. The summed E-state index contributed by atoms with van der Waals surface area (Å²) in [5.41, 5.74) is -0.185. The zero-order valence-corrected chi connectivity index (χ0v) is 12.5. The molecule has 1 aliphatic rings. The van der Waals surface area contributed by atoms with Crippen molar-refractivity contribution in [3.63, 3.8) is 0 Å². The van der Waals surface area contributed by atoms with Crippen molar-refractivity contribution in [1.82, 2.24) is 0 Å². The Morgan fingerprint density at radius 3 is 2.67 bits per heavy atom. The summed E-state index contributed by atoms with van der Waals surface area (Å²) in [4.78, 5) is 23.1. The zero-order valence-electron chi connectivity index (χ0n) is 10.9. The standard InChI is InChI=1S/C12H12ClNO6S/c1-6-4-10(12(16)19-6)20-11(15)8-5-7(21(14,17)18)2-3-9(8)13/h2-3,5-6,10H,4H2,1H3,(H2,14,17,18)/t6-,10+/m1/s1. The minimum atomic E-state index is -3.98. The zero-order chi connectivity index (χ0) is 15.8. The maximum atomic E-state index is 12.0. The van der Waals surface area contributed by atoms with E-state index in [1.165, 1.54) is 12.1 Å². The molecule has 9 heteroatoms. The highest BCUT2D eigenvalue weighted by molar-refractivity contribution is 7.89. The maximum absolute atomic E-state index is 12.0. The molecule has 0 saturated carbocycles. The van der Waals surface area contributed by atoms with E-state index in [1.54, 1.807) is 6.92 Å². The predicted molar refractivity (Wildman–Crippen MR) is 72.2 cm³/mol. The second kappa shape index (κ2) is 5.63. The number of rotatable bonds is 3. The van der Waals surface area contributed by atoms with E-state index in [4.69, 9.17) is 26.2 Å². The van der Waals surface area contributed by atoms with Crippen LogP contribution in [0.15, 0.2) is 23.1 Å². The number of primary sulfonamides is 1. The first-order chi connectivity index (χ1) is 9.68. The smallest absolute Gasteiger partial charge is 0.347 e. The average Bonchev–Trinajstić information content (AvgIpc) is 2.66. The van der Waals surface area contributed by atoms with Crippen LogP contribution in [0.3, 0.4) is 0 Å². The van der Waals surface area contributed by atoms with Crippen molar-refractivity contribution in [2.24, 2.45) is 5.14 Å². The molecule has 0 unspecified atom stereocenters. The molecule has 2 rings (SSSR count). The lowest BCUT2D eigenvalue weighted by molar-refractivity contribution is -0.147. The Bertz CT molecular complexity index is 702. The molecule has 2 N–H and O–H groups in total. The number of hydrogen-bond acceptors (Lipinski definition) is 6. The van der Waals surface area contributed by atoms with Crippen molar-refractivity contribution >= 4 is 33.6 Å². The average molecular weight is 334 g/mol. The van der Waals surface area contributed by atoms with Gasteiger partial charge in [-0.05, 0) is 25.1 Å². The van der Waals surface area contributed by atoms with E-state index >= 15 is 0 Å². The first kappa shape index (κ1) is 15.7. The Morgan fingerprint density at radius 2 is 2.14 bits per heavy atom. The van der Waals surface area contributed by atoms with Crippen LogP contribution < -0.4 is 5.14 Å². The lowest BCUT2D eigenvalue weighted by Gasteiger charge is -2.10. The molecule has 1 aromatic rings. The number of esters is 2. The maximum Gasteiger partial charge on any atom is 0.347 e. The third-order valence-corrected chi connectivity index (χ3v) is 4.10. The van der Waals surface area contributed by atoms with Crippen molar-refractivity contribution in [2.45, 2.75) is 30.4 Å². The predicted octanol–water partition coefficient (Wildman–Crippen LogP) is 0.848. The van der Waals surface area contributed by atoms with E-state index in [9.17, 15) is 18.0 Å². The van der Waals surface area contributed by atoms with Gasteiger partial charge in [0.05, 0.1) is 15.5 Å². The topological polar surface area (TPSA) is 113 Å². The van der Waals surface area contributed by atoms with Crippen molar-refractivity contribution in [2.75, 3.05) is 0 Å². The van der Waals surface area contributed by atoms with Crippen molar-refractivity contribution in [3.8, 4) is 0 Å². The third-order valence-electron chi connectivity index (χ3n) is 2.86. The molecule has 1 aromatic carbocycles. The number of carbonyl (C=O) groups excluding carboxylic acids is 2. The summed E-state index contributed by atoms with van der Waals surface area (Å²) in [7, 11) is -3.98. The quantitative estimate of drug-likeness (QED) is 0.820. The number of halogens is 1. The molecule has 7 nitrogen and oxygen atoms in total. The van der Waals surface area contributed by atoms with Gasteiger partial charge in [0.15, 0.2) is 0 Å². The van der Waals surface area contributed by atoms with Crippen molar-refractivity contribution in [1.29, 1.82) is 0 Å². The van der Waals surface area contributed by atoms with E-state index in [0.29, 0.717) is 0 Å². The number of sulfonamides is 1. The van der Waals surface area contributed by atoms with E-state index in [-0.39, 0.29) is 28.0 Å². The van der Waals surface area contributed by atoms with Gasteiger partial charge in [-0.2, -0.15) is 0 Å². The lowest BCUT2D eigenvalue weighted by atomic mass is 10.2. The number of benzene rings is 1. The van der Waals surface area contributed by atoms with E-state index in [0.717, 1.165) is 6.07 Å². The number of hydrogen-bond donors (Lipinski definition) is 1. The molecule has 1 heterocycles. The summed E-state index contributed by atoms with van der Waals surface area (Å²) < 4.78 is 32.4. The van der Waals surface area contributed by atoms with Gasteiger partial charge in [0.25, 0.3) is 0 Å². The van der Waals surface area contributed by atoms with Gasteiger partial charge in [0.2, 0.25) is 16.1 Å². The molecule has 0 aromatic heterocycles. The number of ether oxygens (including phenoxy) is 2. The summed E-state index contributed by atoms with van der Waals surface area (Å²) in [5, 5.41) is 4.98. The molecule has 114 valence electrons. The van der Waals surface area contributed by atoms with Gasteiger partial charge in [-0.15, -0.1) is 0 Å². The Hall–Kier alpha value is -1.64. The van der Waals surface area contributed by atoms with E-state index < -0.39 is 28.1 Å². The molecule has 0 aliphatic carbocycles. The van der Waals surface area contributed by atoms with Crippen LogP contribution in [0.5, 0.6) is 0 Å². The summed E-state index contributed by atoms with van der Waals surface area (Å²) in [5.74, 6) is -1.56. The van der Waals surface area contributed by atoms with E-state index in [2.05, 4.69) is 0 Å². The minimum Gasteiger partial charge on any atom is -0.460 e. The summed E-state index contributed by atoms with van der Waals surface area (Å²) >= 11 is 5.84. The van der Waals surface area contributed by atoms with Gasteiger partial charge in [0.1, 0.15) is 6.10 Å². The Morgan fingerprint density at radius 1 is 1.48 bits per heavy atom. The summed E-state index contributed by atoms with van der Waals surface area (Å²) in [6.45, 7) is 1.67. The number of carbonyl (C=O) groups is 2. The second-order valence-corrected chi connectivity index (χ2v) is 6.53. The normalized spacial score (nSPS) is 22.0. The lowest BCUT2D eigenvalue weighted by Crippen LogP contribution is -2.23. The van der Waals surface area contributed by atoms with Crippen LogP contribution in [0.1, 0.15) is 23.7 Å².